The highest BCUT2D eigenvalue weighted by Gasteiger charge is 2.24. The first kappa shape index (κ1) is 13.8. The van der Waals surface area contributed by atoms with Crippen LogP contribution in [-0.2, 0) is 18.3 Å². The van der Waals surface area contributed by atoms with Gasteiger partial charge in [0.15, 0.2) is 0 Å². The fourth-order valence-corrected chi connectivity index (χ4v) is 2.25. The van der Waals surface area contributed by atoms with Crippen LogP contribution < -0.4 is 11.5 Å². The van der Waals surface area contributed by atoms with Crippen LogP contribution in [0.15, 0.2) is 18.3 Å². The molecule has 0 bridgehead atoms. The lowest BCUT2D eigenvalue weighted by Crippen LogP contribution is -2.32. The van der Waals surface area contributed by atoms with Crippen molar-refractivity contribution in [3.05, 3.63) is 34.0 Å². The van der Waals surface area contributed by atoms with E-state index in [1.165, 1.54) is 6.07 Å². The zero-order chi connectivity index (χ0) is 15.0. The Hall–Kier alpha value is -2.61. The molecule has 1 aromatic carbocycles. The molecule has 106 valence electrons. The van der Waals surface area contributed by atoms with Gasteiger partial charge >= 0.3 is 11.7 Å². The van der Waals surface area contributed by atoms with E-state index in [1.54, 1.807) is 23.9 Å². The molecule has 0 fully saturated rings. The van der Waals surface area contributed by atoms with Gasteiger partial charge < -0.3 is 21.1 Å². The van der Waals surface area contributed by atoms with E-state index < -0.39 is 16.9 Å². The van der Waals surface area contributed by atoms with Crippen molar-refractivity contribution in [1.82, 2.24) is 4.57 Å². The normalized spacial score (nSPS) is 12.5. The lowest BCUT2D eigenvalue weighted by Gasteiger charge is -2.06. The number of fused-ring (bicyclic) bond motifs is 1. The number of carboxylic acids is 1. The van der Waals surface area contributed by atoms with Gasteiger partial charge in [0.2, 0.25) is 0 Å². The number of nitrogens with zero attached hydrogens (tertiary/aromatic N) is 2. The molecule has 8 heteroatoms. The Balaban J connectivity index is 2.69. The summed E-state index contributed by atoms with van der Waals surface area (Å²) in [7, 11) is 1.72. The van der Waals surface area contributed by atoms with Crippen LogP contribution in [0, 0.1) is 10.1 Å². The summed E-state index contributed by atoms with van der Waals surface area (Å²) in [5.74, 6) is -1.16. The average Bonchev–Trinajstić information content (AvgIpc) is 2.65. The van der Waals surface area contributed by atoms with Crippen molar-refractivity contribution in [2.24, 2.45) is 12.8 Å². The number of benzene rings is 1. The minimum absolute atomic E-state index is 0.00301. The molecule has 1 atom stereocenters. The van der Waals surface area contributed by atoms with E-state index in [2.05, 4.69) is 0 Å². The standard InChI is InChI=1S/C12H14N4O4/c1-15-5-6(4-8(14)12(17)18)10-9(15)3-2-7(13)11(10)16(19)20/h2-3,5,8H,4,13-14H2,1H3,(H,17,18). The maximum Gasteiger partial charge on any atom is 0.320 e. The highest BCUT2D eigenvalue weighted by atomic mass is 16.6. The summed E-state index contributed by atoms with van der Waals surface area (Å²) in [5, 5.41) is 20.4. The molecule has 0 amide bonds. The Morgan fingerprint density at radius 2 is 2.20 bits per heavy atom. The third kappa shape index (κ3) is 2.16. The first-order chi connectivity index (χ1) is 9.32. The SMILES string of the molecule is Cn1cc(CC(N)C(=O)O)c2c([N+](=O)[O-])c(N)ccc21. The lowest BCUT2D eigenvalue weighted by molar-refractivity contribution is -0.382. The number of hydrogen-bond acceptors (Lipinski definition) is 5. The van der Waals surface area contributed by atoms with Crippen molar-refractivity contribution in [3.8, 4) is 0 Å². The summed E-state index contributed by atoms with van der Waals surface area (Å²) in [4.78, 5) is 21.5. The van der Waals surface area contributed by atoms with Gasteiger partial charge in [-0.25, -0.2) is 0 Å². The summed E-state index contributed by atoms with van der Waals surface area (Å²) in [6, 6.07) is 2.00. The van der Waals surface area contributed by atoms with Crippen molar-refractivity contribution in [3.63, 3.8) is 0 Å². The molecule has 0 aliphatic rings. The van der Waals surface area contributed by atoms with E-state index in [0.29, 0.717) is 16.5 Å². The van der Waals surface area contributed by atoms with Crippen LogP contribution in [-0.4, -0.2) is 26.6 Å². The van der Waals surface area contributed by atoms with E-state index >= 15 is 0 Å². The molecule has 0 radical (unpaired) electrons. The highest BCUT2D eigenvalue weighted by molar-refractivity contribution is 5.97. The van der Waals surface area contributed by atoms with Gasteiger partial charge in [-0.3, -0.25) is 14.9 Å². The quantitative estimate of drug-likeness (QED) is 0.426. The van der Waals surface area contributed by atoms with Crippen molar-refractivity contribution in [1.29, 1.82) is 0 Å². The van der Waals surface area contributed by atoms with Gasteiger partial charge in [-0.2, -0.15) is 0 Å². The number of hydrogen-bond donors (Lipinski definition) is 3. The number of nitrogens with two attached hydrogens (primary N) is 2. The number of aryl methyl sites for hydroxylation is 1. The number of nitrogen functional groups attached to an aromatic ring is 1. The highest BCUT2D eigenvalue weighted by Crippen LogP contribution is 2.35. The smallest absolute Gasteiger partial charge is 0.320 e. The Morgan fingerprint density at radius 3 is 2.75 bits per heavy atom. The average molecular weight is 278 g/mol. The first-order valence-electron chi connectivity index (χ1n) is 5.82. The van der Waals surface area contributed by atoms with Gasteiger partial charge in [-0.1, -0.05) is 0 Å². The molecule has 0 saturated carbocycles. The topological polar surface area (TPSA) is 137 Å². The molecule has 20 heavy (non-hydrogen) atoms. The number of aliphatic carboxylic acids is 1. The third-order valence-electron chi connectivity index (χ3n) is 3.18. The minimum Gasteiger partial charge on any atom is -0.480 e. The molecule has 0 aliphatic heterocycles. The monoisotopic (exact) mass is 278 g/mol. The summed E-state index contributed by atoms with van der Waals surface area (Å²) >= 11 is 0. The number of rotatable bonds is 4. The zero-order valence-electron chi connectivity index (χ0n) is 10.7. The summed E-state index contributed by atoms with van der Waals surface area (Å²) < 4.78 is 1.69. The van der Waals surface area contributed by atoms with Gasteiger partial charge in [-0.05, 0) is 17.7 Å². The fourth-order valence-electron chi connectivity index (χ4n) is 2.25. The van der Waals surface area contributed by atoms with Gasteiger partial charge in [0.25, 0.3) is 0 Å². The Kier molecular flexibility index (Phi) is 3.33. The van der Waals surface area contributed by atoms with Crippen LogP contribution in [0.3, 0.4) is 0 Å². The van der Waals surface area contributed by atoms with E-state index in [4.69, 9.17) is 16.6 Å². The molecule has 1 unspecified atom stereocenters. The summed E-state index contributed by atoms with van der Waals surface area (Å²) in [5.41, 5.74) is 12.1. The van der Waals surface area contributed by atoms with E-state index in [1.807, 2.05) is 0 Å². The Morgan fingerprint density at radius 1 is 1.55 bits per heavy atom. The molecule has 0 aliphatic carbocycles. The van der Waals surface area contributed by atoms with Crippen molar-refractivity contribution < 1.29 is 14.8 Å². The molecular weight excluding hydrogens is 264 g/mol. The van der Waals surface area contributed by atoms with Crippen LogP contribution in [0.1, 0.15) is 5.56 Å². The second kappa shape index (κ2) is 4.82. The van der Waals surface area contributed by atoms with Crippen molar-refractivity contribution in [2.75, 3.05) is 5.73 Å². The predicted molar refractivity (Wildman–Crippen MR) is 73.3 cm³/mol. The van der Waals surface area contributed by atoms with E-state index in [9.17, 15) is 14.9 Å². The molecule has 0 saturated heterocycles. The van der Waals surface area contributed by atoms with Crippen LogP contribution in [0.2, 0.25) is 0 Å². The van der Waals surface area contributed by atoms with Gasteiger partial charge in [0.05, 0.1) is 15.8 Å². The lowest BCUT2D eigenvalue weighted by atomic mass is 10.0. The second-order valence-electron chi connectivity index (χ2n) is 4.57. The van der Waals surface area contributed by atoms with Crippen LogP contribution in [0.5, 0.6) is 0 Å². The Labute approximate surface area is 113 Å². The number of nitro groups is 1. The molecule has 0 spiro atoms. The first-order valence-corrected chi connectivity index (χ1v) is 5.82. The minimum atomic E-state index is -1.16. The van der Waals surface area contributed by atoms with E-state index in [-0.39, 0.29) is 17.8 Å². The molecule has 2 aromatic rings. The third-order valence-corrected chi connectivity index (χ3v) is 3.18. The molecule has 1 heterocycles. The van der Waals surface area contributed by atoms with Gasteiger partial charge in [-0.15, -0.1) is 0 Å². The van der Waals surface area contributed by atoms with Crippen LogP contribution in [0.4, 0.5) is 11.4 Å². The number of aromatic nitrogens is 1. The maximum atomic E-state index is 11.2. The summed E-state index contributed by atoms with van der Waals surface area (Å²) in [6.45, 7) is 0. The molecular formula is C12H14N4O4. The molecule has 1 aromatic heterocycles. The predicted octanol–water partition coefficient (Wildman–Crippen LogP) is 0.623. The van der Waals surface area contributed by atoms with Gasteiger partial charge in [0.1, 0.15) is 11.7 Å². The van der Waals surface area contributed by atoms with Crippen molar-refractivity contribution >= 4 is 28.2 Å². The zero-order valence-corrected chi connectivity index (χ0v) is 10.7. The number of carboxylic acid groups (broad SMARTS) is 1. The van der Waals surface area contributed by atoms with E-state index in [0.717, 1.165) is 0 Å². The maximum absolute atomic E-state index is 11.2. The number of anilines is 1. The van der Waals surface area contributed by atoms with Crippen LogP contribution in [0.25, 0.3) is 10.9 Å². The molecule has 2 rings (SSSR count). The second-order valence-corrected chi connectivity index (χ2v) is 4.57. The number of nitro benzene ring substituents is 1. The van der Waals surface area contributed by atoms with Crippen LogP contribution >= 0.6 is 0 Å². The Bertz CT molecular complexity index is 707. The molecule has 8 nitrogen and oxygen atoms in total. The fraction of sp³-hybridized carbons (Fsp3) is 0.250. The summed E-state index contributed by atoms with van der Waals surface area (Å²) in [6.07, 6.45) is 1.64. The van der Waals surface area contributed by atoms with Gasteiger partial charge in [0, 0.05) is 19.7 Å². The largest absolute Gasteiger partial charge is 0.480 e. The van der Waals surface area contributed by atoms with Crippen molar-refractivity contribution in [2.45, 2.75) is 12.5 Å². The number of carbonyl (C=O) groups is 1. The molecule has 5 N–H and O–H groups in total.